The number of nitrogens with one attached hydrogen (secondary N) is 1. The predicted molar refractivity (Wildman–Crippen MR) is 110 cm³/mol. The van der Waals surface area contributed by atoms with Crippen molar-refractivity contribution in [3.63, 3.8) is 0 Å². The molecular weight excluding hydrogens is 369 g/mol. The lowest BCUT2D eigenvalue weighted by Crippen LogP contribution is -2.47. The Kier molecular flexibility index (Phi) is 6.41. The number of anilines is 2. The highest BCUT2D eigenvalue weighted by atomic mass is 35.5. The fraction of sp³-hybridized carbons (Fsp3) is 0.350. The van der Waals surface area contributed by atoms with Gasteiger partial charge in [-0.25, -0.2) is 0 Å². The van der Waals surface area contributed by atoms with Crippen LogP contribution in [0.2, 0.25) is 10.0 Å². The number of nitrogens with zero attached hydrogens (tertiary/aromatic N) is 2. The van der Waals surface area contributed by atoms with Crippen molar-refractivity contribution in [2.45, 2.75) is 13.3 Å². The zero-order valence-electron chi connectivity index (χ0n) is 14.8. The van der Waals surface area contributed by atoms with Gasteiger partial charge in [0.25, 0.3) is 0 Å². The average molecular weight is 392 g/mol. The van der Waals surface area contributed by atoms with E-state index in [1.807, 2.05) is 37.3 Å². The molecule has 4 nitrogen and oxygen atoms in total. The summed E-state index contributed by atoms with van der Waals surface area (Å²) < 4.78 is 0. The summed E-state index contributed by atoms with van der Waals surface area (Å²) in [5, 5.41) is 4.35. The molecule has 0 atom stereocenters. The first-order valence-electron chi connectivity index (χ1n) is 8.80. The number of aryl methyl sites for hydroxylation is 1. The number of amides is 1. The molecule has 26 heavy (non-hydrogen) atoms. The van der Waals surface area contributed by atoms with Crippen LogP contribution < -0.4 is 10.2 Å². The van der Waals surface area contributed by atoms with Crippen molar-refractivity contribution < 1.29 is 4.79 Å². The molecule has 1 aliphatic heterocycles. The van der Waals surface area contributed by atoms with Crippen molar-refractivity contribution in [2.24, 2.45) is 0 Å². The van der Waals surface area contributed by atoms with Crippen LogP contribution in [0.3, 0.4) is 0 Å². The van der Waals surface area contributed by atoms with Crippen LogP contribution in [0.4, 0.5) is 11.4 Å². The molecule has 0 aromatic heterocycles. The summed E-state index contributed by atoms with van der Waals surface area (Å²) in [7, 11) is 0. The number of hydrogen-bond donors (Lipinski definition) is 1. The van der Waals surface area contributed by atoms with Gasteiger partial charge in [0.1, 0.15) is 0 Å². The van der Waals surface area contributed by atoms with Gasteiger partial charge in [0.15, 0.2) is 0 Å². The molecule has 1 amide bonds. The average Bonchev–Trinajstić information content (AvgIpc) is 2.63. The van der Waals surface area contributed by atoms with Crippen LogP contribution in [0.1, 0.15) is 12.0 Å². The van der Waals surface area contributed by atoms with Crippen LogP contribution in [-0.4, -0.2) is 43.5 Å². The smallest absolute Gasteiger partial charge is 0.225 e. The molecule has 1 N–H and O–H groups in total. The van der Waals surface area contributed by atoms with Crippen LogP contribution in [0.5, 0.6) is 0 Å². The maximum Gasteiger partial charge on any atom is 0.225 e. The minimum absolute atomic E-state index is 0.0210. The van der Waals surface area contributed by atoms with Crippen LogP contribution in [0.15, 0.2) is 42.5 Å². The van der Waals surface area contributed by atoms with E-state index < -0.39 is 0 Å². The third kappa shape index (κ3) is 5.13. The van der Waals surface area contributed by atoms with E-state index in [0.717, 1.165) is 54.7 Å². The molecule has 6 heteroatoms. The maximum absolute atomic E-state index is 12.2. The summed E-state index contributed by atoms with van der Waals surface area (Å²) in [5.74, 6) is 0.0210. The van der Waals surface area contributed by atoms with E-state index in [1.54, 1.807) is 6.07 Å². The van der Waals surface area contributed by atoms with Gasteiger partial charge in [-0.05, 0) is 42.8 Å². The number of carbonyl (C=O) groups is 1. The van der Waals surface area contributed by atoms with Gasteiger partial charge in [-0.3, -0.25) is 9.69 Å². The Morgan fingerprint density at radius 1 is 1.04 bits per heavy atom. The van der Waals surface area contributed by atoms with E-state index in [1.165, 1.54) is 0 Å². The zero-order chi connectivity index (χ0) is 18.5. The molecule has 3 rings (SSSR count). The van der Waals surface area contributed by atoms with Gasteiger partial charge in [-0.1, -0.05) is 35.3 Å². The molecule has 138 valence electrons. The van der Waals surface area contributed by atoms with Gasteiger partial charge >= 0.3 is 0 Å². The maximum atomic E-state index is 12.2. The number of halogens is 2. The quantitative estimate of drug-likeness (QED) is 0.817. The molecule has 0 spiro atoms. The largest absolute Gasteiger partial charge is 0.369 e. The number of rotatable bonds is 5. The second kappa shape index (κ2) is 8.76. The summed E-state index contributed by atoms with van der Waals surface area (Å²) in [6, 6.07) is 13.5. The van der Waals surface area contributed by atoms with Crippen molar-refractivity contribution in [1.82, 2.24) is 4.90 Å². The lowest BCUT2D eigenvalue weighted by Gasteiger charge is -2.36. The first-order chi connectivity index (χ1) is 12.5. The van der Waals surface area contributed by atoms with E-state index in [-0.39, 0.29) is 5.91 Å². The van der Waals surface area contributed by atoms with Gasteiger partial charge in [0, 0.05) is 60.6 Å². The van der Waals surface area contributed by atoms with Crippen LogP contribution >= 0.6 is 23.2 Å². The summed E-state index contributed by atoms with van der Waals surface area (Å²) in [6.07, 6.45) is 0.475. The highest BCUT2D eigenvalue weighted by molar-refractivity contribution is 6.31. The van der Waals surface area contributed by atoms with Gasteiger partial charge in [0.2, 0.25) is 5.91 Å². The number of carbonyl (C=O) groups excluding carboxylic acids is 1. The highest BCUT2D eigenvalue weighted by Crippen LogP contribution is 2.22. The number of hydrogen-bond acceptors (Lipinski definition) is 3. The first-order valence-corrected chi connectivity index (χ1v) is 9.56. The van der Waals surface area contributed by atoms with Gasteiger partial charge < -0.3 is 10.2 Å². The zero-order valence-corrected chi connectivity index (χ0v) is 16.4. The van der Waals surface area contributed by atoms with Crippen molar-refractivity contribution in [3.05, 3.63) is 58.1 Å². The molecule has 0 bridgehead atoms. The summed E-state index contributed by atoms with van der Waals surface area (Å²) >= 11 is 12.1. The molecule has 1 saturated heterocycles. The van der Waals surface area contributed by atoms with E-state index in [9.17, 15) is 4.79 Å². The standard InChI is InChI=1S/C20H23Cl2N3O/c1-15-5-6-17(22)14-19(15)23-20(26)7-8-24-9-11-25(12-10-24)18-4-2-3-16(21)13-18/h2-6,13-14H,7-12H2,1H3,(H,23,26). The lowest BCUT2D eigenvalue weighted by atomic mass is 10.2. The number of piperazine rings is 1. The summed E-state index contributed by atoms with van der Waals surface area (Å²) in [6.45, 7) is 6.48. The van der Waals surface area contributed by atoms with E-state index in [0.29, 0.717) is 11.4 Å². The second-order valence-corrected chi connectivity index (χ2v) is 7.44. The fourth-order valence-electron chi connectivity index (χ4n) is 3.10. The molecule has 2 aromatic carbocycles. The highest BCUT2D eigenvalue weighted by Gasteiger charge is 2.18. The first kappa shape index (κ1) is 19.0. The summed E-state index contributed by atoms with van der Waals surface area (Å²) in [4.78, 5) is 16.9. The minimum atomic E-state index is 0.0210. The van der Waals surface area contributed by atoms with Gasteiger partial charge in [-0.2, -0.15) is 0 Å². The number of benzene rings is 2. The Morgan fingerprint density at radius 3 is 2.50 bits per heavy atom. The van der Waals surface area contributed by atoms with E-state index in [2.05, 4.69) is 21.2 Å². The molecule has 1 fully saturated rings. The Bertz CT molecular complexity index is 773. The van der Waals surface area contributed by atoms with Crippen LogP contribution in [-0.2, 0) is 4.79 Å². The molecule has 0 unspecified atom stereocenters. The third-order valence-corrected chi connectivity index (χ3v) is 5.14. The van der Waals surface area contributed by atoms with Crippen LogP contribution in [0.25, 0.3) is 0 Å². The molecule has 0 saturated carbocycles. The lowest BCUT2D eigenvalue weighted by molar-refractivity contribution is -0.116. The Labute approximate surface area is 164 Å². The fourth-order valence-corrected chi connectivity index (χ4v) is 3.46. The van der Waals surface area contributed by atoms with E-state index in [4.69, 9.17) is 23.2 Å². The Morgan fingerprint density at radius 2 is 1.77 bits per heavy atom. The normalized spacial score (nSPS) is 15.1. The third-order valence-electron chi connectivity index (χ3n) is 4.67. The van der Waals surface area contributed by atoms with Crippen molar-refractivity contribution in [2.75, 3.05) is 42.9 Å². The van der Waals surface area contributed by atoms with E-state index >= 15 is 0 Å². The molecule has 1 heterocycles. The Balaban J connectivity index is 1.45. The van der Waals surface area contributed by atoms with Gasteiger partial charge in [-0.15, -0.1) is 0 Å². The van der Waals surface area contributed by atoms with Crippen molar-refractivity contribution >= 4 is 40.5 Å². The van der Waals surface area contributed by atoms with Crippen molar-refractivity contribution in [1.29, 1.82) is 0 Å². The molecule has 2 aromatic rings. The topological polar surface area (TPSA) is 35.6 Å². The minimum Gasteiger partial charge on any atom is -0.369 e. The SMILES string of the molecule is Cc1ccc(Cl)cc1NC(=O)CCN1CCN(c2cccc(Cl)c2)CC1. The predicted octanol–water partition coefficient (Wildman–Crippen LogP) is 4.45. The molecular formula is C20H23Cl2N3O. The van der Waals surface area contributed by atoms with Crippen LogP contribution in [0, 0.1) is 6.92 Å². The summed E-state index contributed by atoms with van der Waals surface area (Å²) in [5.41, 5.74) is 2.96. The molecule has 0 aliphatic carbocycles. The monoisotopic (exact) mass is 391 g/mol. The molecule has 0 radical (unpaired) electrons. The van der Waals surface area contributed by atoms with Gasteiger partial charge in [0.05, 0.1) is 0 Å². The molecule has 1 aliphatic rings. The Hall–Kier alpha value is -1.75. The second-order valence-electron chi connectivity index (χ2n) is 6.57. The van der Waals surface area contributed by atoms with Crippen molar-refractivity contribution in [3.8, 4) is 0 Å².